The summed E-state index contributed by atoms with van der Waals surface area (Å²) in [5.41, 5.74) is 12.3. The number of nitrogens with zero attached hydrogens (tertiary/aromatic N) is 2. The lowest BCUT2D eigenvalue weighted by Gasteiger charge is -2.03. The number of benzene rings is 4. The van der Waals surface area contributed by atoms with E-state index in [-0.39, 0.29) is 43.6 Å². The first-order valence-electron chi connectivity index (χ1n) is 14.2. The van der Waals surface area contributed by atoms with Crippen LogP contribution < -0.4 is 25.7 Å². The molecule has 268 valence electrons. The zero-order chi connectivity index (χ0) is 36.9. The lowest BCUT2D eigenvalue weighted by Crippen LogP contribution is -2.01. The molecule has 4 rings (SSSR count). The molecule has 0 aliphatic carbocycles. The van der Waals surface area contributed by atoms with Gasteiger partial charge in [0.2, 0.25) is 0 Å². The molecule has 0 spiro atoms. The average Bonchev–Trinajstić information content (AvgIpc) is 3.10. The van der Waals surface area contributed by atoms with E-state index in [0.29, 0.717) is 35.7 Å². The topological polar surface area (TPSA) is 247 Å². The van der Waals surface area contributed by atoms with Crippen LogP contribution in [-0.4, -0.2) is 80.6 Å². The molecule has 0 atom stereocenters. The van der Waals surface area contributed by atoms with E-state index in [2.05, 4.69) is 31.9 Å². The third kappa shape index (κ3) is 23.3. The number of rotatable bonds is 12. The average molecular weight is 816 g/mol. The minimum atomic E-state index is -0.556. The number of hydrogen-bond donors (Lipinski definition) is 6. The molecule has 15 nitrogen and oxygen atoms in total. The van der Waals surface area contributed by atoms with Crippen molar-refractivity contribution in [3.63, 3.8) is 0 Å². The predicted molar refractivity (Wildman–Crippen MR) is 195 cm³/mol. The van der Waals surface area contributed by atoms with Crippen LogP contribution in [-0.2, 0) is 0 Å². The molecular weight excluding hydrogens is 776 g/mol. The lowest BCUT2D eigenvalue weighted by molar-refractivity contribution is -0.385. The number of non-ortho nitro benzene ring substituents is 2. The van der Waals surface area contributed by atoms with Crippen LogP contribution in [0.5, 0.6) is 23.0 Å². The number of ether oxygens (including phenoxy) is 3. The summed E-state index contributed by atoms with van der Waals surface area (Å²) >= 11 is 6.27. The van der Waals surface area contributed by atoms with Gasteiger partial charge in [0.05, 0.1) is 48.4 Å². The van der Waals surface area contributed by atoms with Crippen molar-refractivity contribution < 1.29 is 44.5 Å². The Labute approximate surface area is 300 Å². The van der Waals surface area contributed by atoms with Crippen molar-refractivity contribution in [2.75, 3.05) is 61.8 Å². The molecule has 8 N–H and O–H groups in total. The predicted octanol–water partition coefficient (Wildman–Crippen LogP) is 5.32. The SMILES string of the molecule is Nc1cccc(OCCBr)c1.Nc1cccc(OCCO)c1.O=[N+]([O-])c1cccc(O)c1.O=[N+]([O-])c1cccc(OCCO)c1.OCCBr. The number of nitro groups is 2. The Kier molecular flexibility index (Phi) is 25.6. The molecule has 0 amide bonds. The molecule has 0 radical (unpaired) electrons. The summed E-state index contributed by atoms with van der Waals surface area (Å²) in [5.74, 6) is 1.82. The Bertz CT molecular complexity index is 1430. The molecule has 0 bridgehead atoms. The number of phenolic OH excluding ortho intramolecular Hbond substituents is 1. The molecule has 0 aromatic heterocycles. The maximum Gasteiger partial charge on any atom is 0.273 e. The van der Waals surface area contributed by atoms with Crippen molar-refractivity contribution in [3.05, 3.63) is 117 Å². The standard InChI is InChI=1S/C8H10BrNO.C8H9NO4.C8H11NO2.C6H5NO3.C2H5BrO/c9-4-5-11-8-3-1-2-7(10)6-8;10-4-5-13-8-3-1-2-7(6-8)9(11)12;9-7-2-1-3-8(6-7)11-5-4-10;8-6-3-1-2-5(4-6)7(9)10;3-1-2-4/h1-3,6H,4-5,10H2;1-3,6,10H,4-5H2;1-3,6,10H,4-5,9H2;1-4,8H;4H,1-2H2. The van der Waals surface area contributed by atoms with Crippen molar-refractivity contribution in [2.45, 2.75) is 0 Å². The lowest BCUT2D eigenvalue weighted by atomic mass is 10.3. The van der Waals surface area contributed by atoms with Gasteiger partial charge in [0.25, 0.3) is 11.4 Å². The monoisotopic (exact) mass is 814 g/mol. The maximum absolute atomic E-state index is 10.3. The summed E-state index contributed by atoms with van der Waals surface area (Å²) < 4.78 is 15.4. The second-order valence-corrected chi connectivity index (χ2v) is 10.4. The van der Waals surface area contributed by atoms with E-state index in [1.807, 2.05) is 30.3 Å². The molecule has 4 aromatic rings. The molecule has 49 heavy (non-hydrogen) atoms. The Morgan fingerprint density at radius 3 is 1.31 bits per heavy atom. The summed E-state index contributed by atoms with van der Waals surface area (Å²) in [6.45, 7) is 1.27. The summed E-state index contributed by atoms with van der Waals surface area (Å²) in [7, 11) is 0. The van der Waals surface area contributed by atoms with Crippen molar-refractivity contribution in [3.8, 4) is 23.0 Å². The third-order valence-corrected chi connectivity index (χ3v) is 5.61. The number of aromatic hydroxyl groups is 1. The zero-order valence-corrected chi connectivity index (χ0v) is 29.5. The molecule has 0 aliphatic rings. The van der Waals surface area contributed by atoms with Crippen LogP contribution in [0.25, 0.3) is 0 Å². The minimum absolute atomic E-state index is 0.0181. The van der Waals surface area contributed by atoms with Gasteiger partial charge in [0, 0.05) is 46.3 Å². The zero-order valence-electron chi connectivity index (χ0n) is 26.3. The molecule has 0 saturated carbocycles. The maximum atomic E-state index is 10.3. The Hall–Kier alpha value is -4.68. The van der Waals surface area contributed by atoms with Crippen LogP contribution in [0.4, 0.5) is 22.7 Å². The van der Waals surface area contributed by atoms with E-state index < -0.39 is 9.85 Å². The molecule has 0 saturated heterocycles. The minimum Gasteiger partial charge on any atom is -0.508 e. The van der Waals surface area contributed by atoms with Gasteiger partial charge in [0.1, 0.15) is 36.2 Å². The second kappa shape index (κ2) is 28.3. The largest absolute Gasteiger partial charge is 0.508 e. The number of nitrogen functional groups attached to an aromatic ring is 2. The first-order valence-corrected chi connectivity index (χ1v) is 16.5. The molecular formula is C32H40Br2N4O11. The Morgan fingerprint density at radius 2 is 0.959 bits per heavy atom. The van der Waals surface area contributed by atoms with Gasteiger partial charge in [-0.05, 0) is 36.4 Å². The number of nitro benzene ring substituents is 2. The molecule has 0 fully saturated rings. The van der Waals surface area contributed by atoms with Crippen LogP contribution in [0.15, 0.2) is 97.1 Å². The Balaban J connectivity index is 0.000000606. The Morgan fingerprint density at radius 1 is 0.571 bits per heavy atom. The first-order chi connectivity index (χ1) is 23.5. The number of hydrogen-bond acceptors (Lipinski definition) is 13. The van der Waals surface area contributed by atoms with Crippen molar-refractivity contribution in [1.29, 1.82) is 0 Å². The fraction of sp³-hybridized carbons (Fsp3) is 0.250. The summed E-state index contributed by atoms with van der Waals surface area (Å²) in [6.07, 6.45) is 0. The molecule has 0 heterocycles. The van der Waals surface area contributed by atoms with Gasteiger partial charge in [-0.1, -0.05) is 56.1 Å². The van der Waals surface area contributed by atoms with Crippen molar-refractivity contribution >= 4 is 54.6 Å². The van der Waals surface area contributed by atoms with Gasteiger partial charge in [-0.15, -0.1) is 0 Å². The van der Waals surface area contributed by atoms with E-state index in [1.54, 1.807) is 24.3 Å². The third-order valence-electron chi connectivity index (χ3n) is 4.94. The summed E-state index contributed by atoms with van der Waals surface area (Å²) in [6, 6.07) is 25.6. The number of alkyl halides is 2. The van der Waals surface area contributed by atoms with Crippen LogP contribution in [0.2, 0.25) is 0 Å². The first kappa shape index (κ1) is 44.3. The highest BCUT2D eigenvalue weighted by atomic mass is 79.9. The molecule has 0 aliphatic heterocycles. The molecule has 17 heteroatoms. The van der Waals surface area contributed by atoms with Gasteiger partial charge in [-0.2, -0.15) is 0 Å². The van der Waals surface area contributed by atoms with Gasteiger partial charge < -0.3 is 46.1 Å². The molecule has 0 unspecified atom stereocenters. The summed E-state index contributed by atoms with van der Waals surface area (Å²) in [5, 5.41) is 55.4. The number of aliphatic hydroxyl groups is 3. The highest BCUT2D eigenvalue weighted by Crippen LogP contribution is 2.19. The number of halogens is 2. The normalized spacial score (nSPS) is 9.33. The number of anilines is 2. The van der Waals surface area contributed by atoms with Crippen LogP contribution in [0.3, 0.4) is 0 Å². The quantitative estimate of drug-likeness (QED) is 0.0459. The number of aliphatic hydroxyl groups excluding tert-OH is 3. The van der Waals surface area contributed by atoms with E-state index in [1.165, 1.54) is 36.4 Å². The molecule has 4 aromatic carbocycles. The number of nitrogens with two attached hydrogens (primary N) is 2. The van der Waals surface area contributed by atoms with E-state index in [0.717, 1.165) is 22.8 Å². The van der Waals surface area contributed by atoms with Crippen LogP contribution in [0.1, 0.15) is 0 Å². The van der Waals surface area contributed by atoms with Gasteiger partial charge >= 0.3 is 0 Å². The fourth-order valence-electron chi connectivity index (χ4n) is 2.99. The van der Waals surface area contributed by atoms with E-state index in [4.69, 9.17) is 46.1 Å². The number of phenols is 1. The van der Waals surface area contributed by atoms with E-state index in [9.17, 15) is 20.2 Å². The highest BCUT2D eigenvalue weighted by Gasteiger charge is 2.05. The van der Waals surface area contributed by atoms with Gasteiger partial charge in [-0.3, -0.25) is 20.2 Å². The van der Waals surface area contributed by atoms with E-state index >= 15 is 0 Å². The van der Waals surface area contributed by atoms with Gasteiger partial charge in [-0.25, -0.2) is 0 Å². The van der Waals surface area contributed by atoms with Gasteiger partial charge in [0.15, 0.2) is 0 Å². The summed E-state index contributed by atoms with van der Waals surface area (Å²) in [4.78, 5) is 19.3. The smallest absolute Gasteiger partial charge is 0.273 e. The fourth-order valence-corrected chi connectivity index (χ4v) is 3.15. The highest BCUT2D eigenvalue weighted by molar-refractivity contribution is 9.09. The van der Waals surface area contributed by atoms with Crippen LogP contribution in [0, 0.1) is 20.2 Å². The van der Waals surface area contributed by atoms with Crippen molar-refractivity contribution in [1.82, 2.24) is 0 Å². The van der Waals surface area contributed by atoms with Crippen LogP contribution >= 0.6 is 31.9 Å². The second-order valence-electron chi connectivity index (χ2n) is 8.77. The van der Waals surface area contributed by atoms with Crippen molar-refractivity contribution in [2.24, 2.45) is 0 Å².